The normalized spacial score (nSPS) is 19.1. The average molecular weight is 416 g/mol. The van der Waals surface area contributed by atoms with Crippen LogP contribution in [0.1, 0.15) is 35.4 Å². The topological polar surface area (TPSA) is 52.5 Å². The number of hydrazone groups is 1. The molecule has 0 fully saturated rings. The third-order valence-corrected chi connectivity index (χ3v) is 5.82. The summed E-state index contributed by atoms with van der Waals surface area (Å²) in [6.07, 6.45) is 0.385. The maximum Gasteiger partial charge on any atom is 0.217 e. The summed E-state index contributed by atoms with van der Waals surface area (Å²) in [5.74, 6) is 3.04. The van der Waals surface area contributed by atoms with Crippen LogP contribution in [0.25, 0.3) is 0 Å². The number of hydrogen-bond acceptors (Lipinski definition) is 6. The Balaban J connectivity index is 1.59. The van der Waals surface area contributed by atoms with Crippen LogP contribution in [0.15, 0.2) is 71.8 Å². The summed E-state index contributed by atoms with van der Waals surface area (Å²) in [6, 6.07) is 22.1. The molecular weight excluding hydrogens is 392 g/mol. The van der Waals surface area contributed by atoms with Gasteiger partial charge in [0.15, 0.2) is 11.5 Å². The lowest BCUT2D eigenvalue weighted by Gasteiger charge is -2.38. The molecule has 0 saturated heterocycles. The van der Waals surface area contributed by atoms with Gasteiger partial charge in [-0.15, -0.1) is 0 Å². The summed E-state index contributed by atoms with van der Waals surface area (Å²) >= 11 is 0. The third kappa shape index (κ3) is 3.24. The lowest BCUT2D eigenvalue weighted by Crippen LogP contribution is -2.33. The minimum atomic E-state index is -0.381. The van der Waals surface area contributed by atoms with Crippen molar-refractivity contribution in [1.82, 2.24) is 5.01 Å². The highest BCUT2D eigenvalue weighted by Gasteiger charge is 2.41. The van der Waals surface area contributed by atoms with Crippen LogP contribution in [0.4, 0.5) is 0 Å². The summed E-state index contributed by atoms with van der Waals surface area (Å²) in [5.41, 5.74) is 4.06. The maximum absolute atomic E-state index is 6.43. The van der Waals surface area contributed by atoms with Crippen LogP contribution in [0.5, 0.6) is 23.0 Å². The molecule has 0 N–H and O–H groups in total. The molecule has 158 valence electrons. The molecule has 0 amide bonds. The number of hydrogen-bond donors (Lipinski definition) is 0. The Bertz CT molecular complexity index is 1140. The molecule has 2 heterocycles. The van der Waals surface area contributed by atoms with E-state index in [4.69, 9.17) is 24.0 Å². The highest BCUT2D eigenvalue weighted by molar-refractivity contribution is 6.02. The fraction of sp³-hybridized carbons (Fsp3) is 0.240. The van der Waals surface area contributed by atoms with Crippen molar-refractivity contribution in [3.05, 3.63) is 83.4 Å². The summed E-state index contributed by atoms with van der Waals surface area (Å²) < 4.78 is 22.9. The van der Waals surface area contributed by atoms with Gasteiger partial charge in [-0.1, -0.05) is 30.3 Å². The molecule has 0 spiro atoms. The smallest absolute Gasteiger partial charge is 0.217 e. The first-order chi connectivity index (χ1) is 15.2. The van der Waals surface area contributed by atoms with Gasteiger partial charge < -0.3 is 18.9 Å². The van der Waals surface area contributed by atoms with Crippen LogP contribution < -0.4 is 18.9 Å². The second-order valence-electron chi connectivity index (χ2n) is 7.47. The number of benzene rings is 3. The second kappa shape index (κ2) is 7.87. The Morgan fingerprint density at radius 2 is 1.52 bits per heavy atom. The van der Waals surface area contributed by atoms with E-state index in [1.54, 1.807) is 21.3 Å². The monoisotopic (exact) mass is 416 g/mol. The van der Waals surface area contributed by atoms with E-state index in [1.165, 1.54) is 0 Å². The fourth-order valence-electron chi connectivity index (χ4n) is 4.30. The van der Waals surface area contributed by atoms with E-state index in [0.717, 1.165) is 40.3 Å². The largest absolute Gasteiger partial charge is 0.496 e. The van der Waals surface area contributed by atoms with E-state index >= 15 is 0 Å². The molecule has 0 saturated carbocycles. The number of methoxy groups -OCH3 is 3. The predicted octanol–water partition coefficient (Wildman–Crippen LogP) is 4.95. The summed E-state index contributed by atoms with van der Waals surface area (Å²) in [6.45, 7) is 0. The van der Waals surface area contributed by atoms with Crippen molar-refractivity contribution in [2.45, 2.75) is 18.7 Å². The molecule has 2 atom stereocenters. The van der Waals surface area contributed by atoms with E-state index in [1.807, 2.05) is 65.7 Å². The van der Waals surface area contributed by atoms with E-state index in [-0.39, 0.29) is 12.3 Å². The first-order valence-corrected chi connectivity index (χ1v) is 10.2. The zero-order valence-electron chi connectivity index (χ0n) is 17.7. The van der Waals surface area contributed by atoms with Gasteiger partial charge in [0.1, 0.15) is 11.5 Å². The minimum Gasteiger partial charge on any atom is -0.496 e. The molecule has 0 radical (unpaired) electrons. The molecule has 5 rings (SSSR count). The van der Waals surface area contributed by atoms with Crippen molar-refractivity contribution in [2.75, 3.05) is 21.3 Å². The van der Waals surface area contributed by atoms with Gasteiger partial charge in [-0.25, -0.2) is 5.01 Å². The molecule has 3 aromatic carbocycles. The van der Waals surface area contributed by atoms with Gasteiger partial charge in [0.05, 0.1) is 38.6 Å². The number of rotatable bonds is 5. The molecule has 2 aliphatic rings. The van der Waals surface area contributed by atoms with Gasteiger partial charge >= 0.3 is 0 Å². The van der Waals surface area contributed by atoms with Crippen LogP contribution in [-0.2, 0) is 0 Å². The van der Waals surface area contributed by atoms with Gasteiger partial charge in [0, 0.05) is 17.5 Å². The summed E-state index contributed by atoms with van der Waals surface area (Å²) in [4.78, 5) is 0. The van der Waals surface area contributed by atoms with Crippen LogP contribution in [0, 0.1) is 0 Å². The molecule has 0 aliphatic carbocycles. The predicted molar refractivity (Wildman–Crippen MR) is 118 cm³/mol. The van der Waals surface area contributed by atoms with Crippen LogP contribution in [-0.4, -0.2) is 32.0 Å². The molecule has 6 nitrogen and oxygen atoms in total. The van der Waals surface area contributed by atoms with Crippen LogP contribution >= 0.6 is 0 Å². The standard InChI is InChI=1S/C25H24N2O4/c1-28-21-10-6-5-9-18(21)25-27-20(17-8-4-7-11-22(17)31-25)15-19(26-27)16-12-13-23(29-2)24(14-16)30-3/h4-14,20,25H,15H2,1-3H3. The Morgan fingerprint density at radius 3 is 2.29 bits per heavy atom. The Hall–Kier alpha value is -3.67. The number of para-hydroxylation sites is 2. The maximum atomic E-state index is 6.43. The zero-order chi connectivity index (χ0) is 21.4. The number of nitrogens with zero attached hydrogens (tertiary/aromatic N) is 2. The van der Waals surface area contributed by atoms with Crippen molar-refractivity contribution in [3.8, 4) is 23.0 Å². The average Bonchev–Trinajstić information content (AvgIpc) is 3.29. The third-order valence-electron chi connectivity index (χ3n) is 5.82. The minimum absolute atomic E-state index is 0.0722. The highest BCUT2D eigenvalue weighted by Crippen LogP contribution is 2.49. The highest BCUT2D eigenvalue weighted by atomic mass is 16.5. The lowest BCUT2D eigenvalue weighted by molar-refractivity contribution is -0.0203. The fourth-order valence-corrected chi connectivity index (χ4v) is 4.30. The van der Waals surface area contributed by atoms with E-state index in [0.29, 0.717) is 11.5 Å². The van der Waals surface area contributed by atoms with Gasteiger partial charge in [-0.3, -0.25) is 0 Å². The van der Waals surface area contributed by atoms with E-state index in [2.05, 4.69) is 6.07 Å². The molecule has 31 heavy (non-hydrogen) atoms. The molecular formula is C25H24N2O4. The van der Waals surface area contributed by atoms with Crippen molar-refractivity contribution in [2.24, 2.45) is 5.10 Å². The molecule has 2 aliphatic heterocycles. The first-order valence-electron chi connectivity index (χ1n) is 10.2. The Morgan fingerprint density at radius 1 is 0.806 bits per heavy atom. The Labute approximate surface area is 181 Å². The van der Waals surface area contributed by atoms with Crippen LogP contribution in [0.2, 0.25) is 0 Å². The van der Waals surface area contributed by atoms with Gasteiger partial charge in [-0.05, 0) is 36.4 Å². The van der Waals surface area contributed by atoms with E-state index < -0.39 is 0 Å². The number of ether oxygens (including phenoxy) is 4. The van der Waals surface area contributed by atoms with Gasteiger partial charge in [0.25, 0.3) is 0 Å². The van der Waals surface area contributed by atoms with Crippen molar-refractivity contribution in [3.63, 3.8) is 0 Å². The second-order valence-corrected chi connectivity index (χ2v) is 7.47. The molecule has 3 aromatic rings. The lowest BCUT2D eigenvalue weighted by atomic mass is 9.95. The molecule has 6 heteroatoms. The SMILES string of the molecule is COc1ccc(C2=NN3C(C2)c2ccccc2OC3c2ccccc2OC)cc1OC. The molecule has 0 bridgehead atoms. The summed E-state index contributed by atoms with van der Waals surface area (Å²) in [7, 11) is 4.95. The molecule has 0 aromatic heterocycles. The van der Waals surface area contributed by atoms with Crippen molar-refractivity contribution >= 4 is 5.71 Å². The van der Waals surface area contributed by atoms with Crippen LogP contribution in [0.3, 0.4) is 0 Å². The van der Waals surface area contributed by atoms with Crippen molar-refractivity contribution in [1.29, 1.82) is 0 Å². The quantitative estimate of drug-likeness (QED) is 0.589. The van der Waals surface area contributed by atoms with E-state index in [9.17, 15) is 0 Å². The first kappa shape index (κ1) is 19.3. The summed E-state index contributed by atoms with van der Waals surface area (Å²) in [5, 5.41) is 7.06. The van der Waals surface area contributed by atoms with Crippen molar-refractivity contribution < 1.29 is 18.9 Å². The number of fused-ring (bicyclic) bond motifs is 3. The van der Waals surface area contributed by atoms with Gasteiger partial charge in [0.2, 0.25) is 6.23 Å². The van der Waals surface area contributed by atoms with Gasteiger partial charge in [-0.2, -0.15) is 5.10 Å². The Kier molecular flexibility index (Phi) is 4.90. The zero-order valence-corrected chi connectivity index (χ0v) is 17.7. The molecule has 2 unspecified atom stereocenters.